The summed E-state index contributed by atoms with van der Waals surface area (Å²) in [7, 11) is -3.13. The molecular formula is H18O11Si. The third kappa shape index (κ3) is 1290. The molecule has 88 valence electrons. The summed E-state index contributed by atoms with van der Waals surface area (Å²) in [6.07, 6.45) is 0. The van der Waals surface area contributed by atoms with Crippen LogP contribution in [-0.4, -0.2) is 62.6 Å². The molecule has 12 heteroatoms. The Bertz CT molecular complexity index is 28.0. The first-order chi connectivity index (χ1) is 1.73. The molecule has 0 rings (SSSR count). The Labute approximate surface area is 68.3 Å². The van der Waals surface area contributed by atoms with Gasteiger partial charge in [0.1, 0.15) is 0 Å². The van der Waals surface area contributed by atoms with E-state index in [-0.39, 0.29) is 43.8 Å². The van der Waals surface area contributed by atoms with Gasteiger partial charge < -0.3 is 53.4 Å². The smallest absolute Gasteiger partial charge is 0.511 e. The highest BCUT2D eigenvalue weighted by atomic mass is 28.3. The van der Waals surface area contributed by atoms with Crippen molar-refractivity contribution in [1.82, 2.24) is 0 Å². The molecule has 0 saturated heterocycles. The average Bonchev–Trinajstić information content (AvgIpc) is 0.811. The zero-order chi connectivity index (χ0) is 3.58. The Morgan fingerprint density at radius 2 is 0.583 bits per heavy atom. The van der Waals surface area contributed by atoms with E-state index in [1.165, 1.54) is 0 Å². The standard InChI is InChI=1S/H2O3Si.8H2O/c1-4(2)3;;;;;;;;/h1-2H;8*1H2. The predicted molar refractivity (Wildman–Crippen MR) is 39.8 cm³/mol. The minimum absolute atomic E-state index is 0. The van der Waals surface area contributed by atoms with Gasteiger partial charge in [0.25, 0.3) is 0 Å². The molecular weight excluding hydrogens is 204 g/mol. The predicted octanol–water partition coefficient (Wildman–Crippen LogP) is -8.21. The van der Waals surface area contributed by atoms with Crippen LogP contribution in [0.1, 0.15) is 0 Å². The summed E-state index contributed by atoms with van der Waals surface area (Å²) in [5.41, 5.74) is 0. The Morgan fingerprint density at radius 3 is 0.583 bits per heavy atom. The maximum absolute atomic E-state index is 8.74. The third-order valence-corrected chi connectivity index (χ3v) is 0. The molecule has 12 heavy (non-hydrogen) atoms. The van der Waals surface area contributed by atoms with Crippen LogP contribution < -0.4 is 0 Å². The van der Waals surface area contributed by atoms with Gasteiger partial charge in [0.2, 0.25) is 0 Å². The Hall–Kier alpha value is -0.703. The molecule has 0 saturated carbocycles. The van der Waals surface area contributed by atoms with Crippen LogP contribution in [0.5, 0.6) is 0 Å². The monoisotopic (exact) mass is 222 g/mol. The molecule has 0 atom stereocenters. The van der Waals surface area contributed by atoms with Gasteiger partial charge in [-0.2, -0.15) is 0 Å². The molecule has 0 aromatic heterocycles. The van der Waals surface area contributed by atoms with Crippen LogP contribution in [0, 0.1) is 0 Å². The van der Waals surface area contributed by atoms with Crippen LogP contribution in [0.25, 0.3) is 0 Å². The molecule has 18 N–H and O–H groups in total. The molecule has 0 bridgehead atoms. The molecule has 0 aliphatic heterocycles. The van der Waals surface area contributed by atoms with Gasteiger partial charge in [-0.15, -0.1) is 0 Å². The molecule has 0 aliphatic carbocycles. The van der Waals surface area contributed by atoms with E-state index in [1.807, 2.05) is 0 Å². The van der Waals surface area contributed by atoms with Crippen molar-refractivity contribution < 1.29 is 57.9 Å². The number of rotatable bonds is 0. The van der Waals surface area contributed by atoms with Crippen molar-refractivity contribution in [2.75, 3.05) is 0 Å². The normalized spacial score (nSPS) is 2.00. The minimum Gasteiger partial charge on any atom is -0.511 e. The topological polar surface area (TPSA) is 310 Å². The molecule has 0 fully saturated rings. The van der Waals surface area contributed by atoms with Crippen LogP contribution in [0.2, 0.25) is 0 Å². The highest BCUT2D eigenvalue weighted by molar-refractivity contribution is 6.22. The van der Waals surface area contributed by atoms with Gasteiger partial charge >= 0.3 is 9.17 Å². The van der Waals surface area contributed by atoms with Crippen LogP contribution in [0.15, 0.2) is 0 Å². The summed E-state index contributed by atoms with van der Waals surface area (Å²) >= 11 is 0. The molecule has 0 aromatic carbocycles. The Kier molecular flexibility index (Phi) is 3190. The molecule has 0 radical (unpaired) electrons. The maximum Gasteiger partial charge on any atom is 0.761 e. The highest BCUT2D eigenvalue weighted by Crippen LogP contribution is 1.27. The second-order valence-electron chi connectivity index (χ2n) is 0.283. The zero-order valence-corrected chi connectivity index (χ0v) is 6.80. The largest absolute Gasteiger partial charge is 0.761 e. The van der Waals surface area contributed by atoms with E-state index in [0.29, 0.717) is 0 Å². The van der Waals surface area contributed by atoms with Crippen LogP contribution in [-0.2, 0) is 4.46 Å². The van der Waals surface area contributed by atoms with Crippen molar-refractivity contribution in [2.24, 2.45) is 0 Å². The van der Waals surface area contributed by atoms with Crippen LogP contribution >= 0.6 is 0 Å². The van der Waals surface area contributed by atoms with Gasteiger partial charge in [-0.1, -0.05) is 0 Å². The van der Waals surface area contributed by atoms with Gasteiger partial charge in [0, 0.05) is 0 Å². The van der Waals surface area contributed by atoms with Crippen molar-refractivity contribution in [2.45, 2.75) is 0 Å². The number of hydrogen-bond acceptors (Lipinski definition) is 1. The van der Waals surface area contributed by atoms with E-state index in [2.05, 4.69) is 0 Å². The van der Waals surface area contributed by atoms with Gasteiger partial charge in [0.05, 0.1) is 0 Å². The van der Waals surface area contributed by atoms with Crippen molar-refractivity contribution in [3.63, 3.8) is 0 Å². The summed E-state index contributed by atoms with van der Waals surface area (Å²) in [6.45, 7) is 0. The summed E-state index contributed by atoms with van der Waals surface area (Å²) in [5, 5.41) is 0. The first-order valence-electron chi connectivity index (χ1n) is 0.651. The van der Waals surface area contributed by atoms with Gasteiger partial charge in [-0.05, 0) is 0 Å². The van der Waals surface area contributed by atoms with Crippen LogP contribution in [0.4, 0.5) is 0 Å². The van der Waals surface area contributed by atoms with Gasteiger partial charge in [-0.25, -0.2) is 0 Å². The summed E-state index contributed by atoms with van der Waals surface area (Å²) < 4.78 is 8.74. The summed E-state index contributed by atoms with van der Waals surface area (Å²) in [4.78, 5) is 14.3. The number of hydrogen-bond donors (Lipinski definition) is 2. The molecule has 0 aromatic rings. The first-order valence-corrected chi connectivity index (χ1v) is 1.95. The third-order valence-electron chi connectivity index (χ3n) is 0. The zero-order valence-electron chi connectivity index (χ0n) is 5.80. The maximum atomic E-state index is 8.74. The second kappa shape index (κ2) is 169. The first kappa shape index (κ1) is 227. The van der Waals surface area contributed by atoms with Crippen molar-refractivity contribution in [3.8, 4) is 0 Å². The summed E-state index contributed by atoms with van der Waals surface area (Å²) in [5.74, 6) is 0. The molecule has 0 unspecified atom stereocenters. The lowest BCUT2D eigenvalue weighted by molar-refractivity contribution is 0.330. The van der Waals surface area contributed by atoms with Crippen LogP contribution in [0.3, 0.4) is 0 Å². The molecule has 0 heterocycles. The fourth-order valence-electron chi connectivity index (χ4n) is 0. The van der Waals surface area contributed by atoms with Gasteiger partial charge in [-0.3, -0.25) is 4.46 Å². The molecule has 0 amide bonds. The van der Waals surface area contributed by atoms with E-state index >= 15 is 0 Å². The second-order valence-corrected chi connectivity index (χ2v) is 0.848. The minimum atomic E-state index is -3.13. The van der Waals surface area contributed by atoms with E-state index < -0.39 is 9.17 Å². The lowest BCUT2D eigenvalue weighted by atomic mass is 15.8. The fourth-order valence-corrected chi connectivity index (χ4v) is 0. The highest BCUT2D eigenvalue weighted by Gasteiger charge is 1.85. The van der Waals surface area contributed by atoms with Crippen molar-refractivity contribution in [3.05, 3.63) is 0 Å². The quantitative estimate of drug-likeness (QED) is 0.377. The van der Waals surface area contributed by atoms with E-state index in [0.717, 1.165) is 0 Å². The molecule has 0 spiro atoms. The van der Waals surface area contributed by atoms with E-state index in [1.54, 1.807) is 0 Å². The van der Waals surface area contributed by atoms with Gasteiger partial charge in [0.15, 0.2) is 0 Å². The van der Waals surface area contributed by atoms with E-state index in [9.17, 15) is 0 Å². The lowest BCUT2D eigenvalue weighted by Gasteiger charge is -1.55. The summed E-state index contributed by atoms with van der Waals surface area (Å²) in [6, 6.07) is 0. The molecule has 0 aliphatic rings. The Morgan fingerprint density at radius 1 is 0.583 bits per heavy atom. The SMILES string of the molecule is O.O.O.O.O.O.O.O.O=[Si](O)O. The van der Waals surface area contributed by atoms with E-state index in [4.69, 9.17) is 14.1 Å². The average molecular weight is 222 g/mol. The fraction of sp³-hybridized carbons (Fsp3) is 0. The van der Waals surface area contributed by atoms with Crippen molar-refractivity contribution in [1.29, 1.82) is 0 Å². The Balaban J connectivity index is -0.00000000161. The van der Waals surface area contributed by atoms with Crippen molar-refractivity contribution >= 4 is 9.17 Å². The lowest BCUT2D eigenvalue weighted by Crippen LogP contribution is -1.90. The molecule has 11 nitrogen and oxygen atoms in total.